The molecule has 1 aliphatic carbocycles. The van der Waals surface area contributed by atoms with Gasteiger partial charge in [0.15, 0.2) is 6.29 Å². The van der Waals surface area contributed by atoms with Gasteiger partial charge in [0.2, 0.25) is 0 Å². The SMILES string of the molecule is COC(=O)C[C@H]1C=C[C@@]2(OC)COC(OC)[C@@H]12. The first-order valence-electron chi connectivity index (χ1n) is 5.62. The predicted molar refractivity (Wildman–Crippen MR) is 59.2 cm³/mol. The largest absolute Gasteiger partial charge is 0.469 e. The zero-order valence-corrected chi connectivity index (χ0v) is 10.3. The Kier molecular flexibility index (Phi) is 3.51. The molecule has 5 nitrogen and oxygen atoms in total. The molecular formula is C12H18O5. The van der Waals surface area contributed by atoms with Gasteiger partial charge in [-0.15, -0.1) is 0 Å². The van der Waals surface area contributed by atoms with Crippen LogP contribution in [0.4, 0.5) is 0 Å². The number of allylic oxidation sites excluding steroid dienone is 1. The number of hydrogen-bond donors (Lipinski definition) is 0. The Morgan fingerprint density at radius 3 is 2.82 bits per heavy atom. The summed E-state index contributed by atoms with van der Waals surface area (Å²) in [5.74, 6) is -0.181. The average Bonchev–Trinajstić information content (AvgIpc) is 2.88. The van der Waals surface area contributed by atoms with Gasteiger partial charge >= 0.3 is 5.97 Å². The van der Waals surface area contributed by atoms with E-state index >= 15 is 0 Å². The minimum atomic E-state index is -0.459. The molecule has 2 rings (SSSR count). The average molecular weight is 242 g/mol. The summed E-state index contributed by atoms with van der Waals surface area (Å²) in [5, 5.41) is 0. The second-order valence-electron chi connectivity index (χ2n) is 4.40. The molecule has 5 heteroatoms. The van der Waals surface area contributed by atoms with Gasteiger partial charge in [-0.25, -0.2) is 0 Å². The third-order valence-corrected chi connectivity index (χ3v) is 3.66. The van der Waals surface area contributed by atoms with Gasteiger partial charge in [0, 0.05) is 14.2 Å². The molecule has 0 aromatic carbocycles. The highest BCUT2D eigenvalue weighted by Gasteiger charge is 2.55. The van der Waals surface area contributed by atoms with Crippen LogP contribution in [-0.2, 0) is 23.7 Å². The number of rotatable bonds is 4. The fourth-order valence-electron chi connectivity index (χ4n) is 2.72. The molecule has 1 heterocycles. The number of fused-ring (bicyclic) bond motifs is 1. The number of ether oxygens (including phenoxy) is 4. The number of esters is 1. The number of carbonyl (C=O) groups excluding carboxylic acids is 1. The Labute approximate surface area is 101 Å². The van der Waals surface area contributed by atoms with E-state index in [-0.39, 0.29) is 24.1 Å². The molecule has 1 fully saturated rings. The maximum Gasteiger partial charge on any atom is 0.306 e. The lowest BCUT2D eigenvalue weighted by atomic mass is 9.84. The molecule has 0 bridgehead atoms. The summed E-state index contributed by atoms with van der Waals surface area (Å²) in [4.78, 5) is 11.4. The van der Waals surface area contributed by atoms with Crippen molar-refractivity contribution in [1.82, 2.24) is 0 Å². The Bertz CT molecular complexity index is 327. The Balaban J connectivity index is 2.15. The van der Waals surface area contributed by atoms with Gasteiger partial charge < -0.3 is 18.9 Å². The van der Waals surface area contributed by atoms with Crippen molar-refractivity contribution in [1.29, 1.82) is 0 Å². The van der Waals surface area contributed by atoms with E-state index in [9.17, 15) is 4.79 Å². The summed E-state index contributed by atoms with van der Waals surface area (Å²) in [6.07, 6.45) is 3.97. The lowest BCUT2D eigenvalue weighted by Gasteiger charge is -2.29. The maximum atomic E-state index is 11.4. The molecule has 17 heavy (non-hydrogen) atoms. The Morgan fingerprint density at radius 2 is 2.24 bits per heavy atom. The summed E-state index contributed by atoms with van der Waals surface area (Å²) in [6, 6.07) is 0. The van der Waals surface area contributed by atoms with Gasteiger partial charge in [0.25, 0.3) is 0 Å². The standard InChI is InChI=1S/C12H18O5/c1-14-9(13)6-8-4-5-12(16-3)7-17-11(15-2)10(8)12/h4-5,8,10-11H,6-7H2,1-3H3/t8-,10-,11?,12-/m1/s1. The van der Waals surface area contributed by atoms with Crippen molar-refractivity contribution in [2.75, 3.05) is 27.9 Å². The minimum absolute atomic E-state index is 0.0107. The van der Waals surface area contributed by atoms with Gasteiger partial charge in [-0.3, -0.25) is 4.79 Å². The molecule has 0 spiro atoms. The second-order valence-corrected chi connectivity index (χ2v) is 4.40. The van der Waals surface area contributed by atoms with Crippen LogP contribution in [0.1, 0.15) is 6.42 Å². The van der Waals surface area contributed by atoms with E-state index in [1.165, 1.54) is 7.11 Å². The fourth-order valence-corrected chi connectivity index (χ4v) is 2.72. The van der Waals surface area contributed by atoms with Gasteiger partial charge in [-0.1, -0.05) is 12.2 Å². The van der Waals surface area contributed by atoms with Crippen LogP contribution in [0.3, 0.4) is 0 Å². The van der Waals surface area contributed by atoms with Crippen LogP contribution in [0.2, 0.25) is 0 Å². The van der Waals surface area contributed by atoms with E-state index in [2.05, 4.69) is 0 Å². The zero-order valence-electron chi connectivity index (χ0n) is 10.3. The lowest BCUT2D eigenvalue weighted by molar-refractivity contribution is -0.145. The van der Waals surface area contributed by atoms with E-state index in [1.807, 2.05) is 12.2 Å². The fraction of sp³-hybridized carbons (Fsp3) is 0.750. The predicted octanol–water partition coefficient (Wildman–Crippen LogP) is 0.740. The van der Waals surface area contributed by atoms with Crippen molar-refractivity contribution >= 4 is 5.97 Å². The van der Waals surface area contributed by atoms with E-state index in [1.54, 1.807) is 14.2 Å². The van der Waals surface area contributed by atoms with Crippen LogP contribution in [0.5, 0.6) is 0 Å². The number of carbonyl (C=O) groups is 1. The maximum absolute atomic E-state index is 11.4. The molecule has 0 aromatic heterocycles. The van der Waals surface area contributed by atoms with E-state index < -0.39 is 5.60 Å². The molecule has 2 aliphatic rings. The first-order chi connectivity index (χ1) is 8.16. The summed E-state index contributed by atoms with van der Waals surface area (Å²) in [5.41, 5.74) is -0.459. The van der Waals surface area contributed by atoms with Crippen molar-refractivity contribution < 1.29 is 23.7 Å². The monoisotopic (exact) mass is 242 g/mol. The third kappa shape index (κ3) is 1.99. The van der Waals surface area contributed by atoms with Crippen molar-refractivity contribution in [2.24, 2.45) is 11.8 Å². The highest BCUT2D eigenvalue weighted by Crippen LogP contribution is 2.46. The highest BCUT2D eigenvalue weighted by molar-refractivity contribution is 5.70. The van der Waals surface area contributed by atoms with Crippen LogP contribution < -0.4 is 0 Å². The molecule has 96 valence electrons. The number of hydrogen-bond acceptors (Lipinski definition) is 5. The quantitative estimate of drug-likeness (QED) is 0.537. The van der Waals surface area contributed by atoms with E-state index in [0.717, 1.165) is 0 Å². The van der Waals surface area contributed by atoms with Crippen LogP contribution in [0.15, 0.2) is 12.2 Å². The molecule has 0 amide bonds. The first kappa shape index (κ1) is 12.5. The van der Waals surface area contributed by atoms with Gasteiger partial charge in [0.1, 0.15) is 5.60 Å². The van der Waals surface area contributed by atoms with Gasteiger partial charge in [-0.05, 0) is 5.92 Å². The molecule has 0 aromatic rings. The van der Waals surface area contributed by atoms with Crippen molar-refractivity contribution in [3.63, 3.8) is 0 Å². The molecule has 0 saturated carbocycles. The summed E-state index contributed by atoms with van der Waals surface area (Å²) < 4.78 is 21.1. The van der Waals surface area contributed by atoms with Crippen LogP contribution in [-0.4, -0.2) is 45.8 Å². The minimum Gasteiger partial charge on any atom is -0.469 e. The van der Waals surface area contributed by atoms with Crippen molar-refractivity contribution in [2.45, 2.75) is 18.3 Å². The summed E-state index contributed by atoms with van der Waals surface area (Å²) in [6.45, 7) is 0.459. The third-order valence-electron chi connectivity index (χ3n) is 3.66. The van der Waals surface area contributed by atoms with E-state index in [4.69, 9.17) is 18.9 Å². The molecule has 0 N–H and O–H groups in total. The van der Waals surface area contributed by atoms with E-state index in [0.29, 0.717) is 13.0 Å². The summed E-state index contributed by atoms with van der Waals surface area (Å²) in [7, 11) is 4.65. The second kappa shape index (κ2) is 4.76. The molecular weight excluding hydrogens is 224 g/mol. The topological polar surface area (TPSA) is 54.0 Å². The summed E-state index contributed by atoms with van der Waals surface area (Å²) >= 11 is 0. The normalized spacial score (nSPS) is 39.4. The number of methoxy groups -OCH3 is 3. The van der Waals surface area contributed by atoms with Crippen LogP contribution in [0, 0.1) is 11.8 Å². The molecule has 1 unspecified atom stereocenters. The van der Waals surface area contributed by atoms with Gasteiger partial charge in [-0.2, -0.15) is 0 Å². The van der Waals surface area contributed by atoms with Gasteiger partial charge in [0.05, 0.1) is 26.1 Å². The Morgan fingerprint density at radius 1 is 1.47 bits per heavy atom. The first-order valence-corrected chi connectivity index (χ1v) is 5.62. The molecule has 1 aliphatic heterocycles. The zero-order chi connectivity index (χ0) is 12.5. The Hall–Kier alpha value is -0.910. The van der Waals surface area contributed by atoms with Crippen LogP contribution >= 0.6 is 0 Å². The van der Waals surface area contributed by atoms with Crippen molar-refractivity contribution in [3.05, 3.63) is 12.2 Å². The molecule has 1 saturated heterocycles. The molecule has 4 atom stereocenters. The molecule has 0 radical (unpaired) electrons. The lowest BCUT2D eigenvalue weighted by Crippen LogP contribution is -2.40. The van der Waals surface area contributed by atoms with Crippen LogP contribution in [0.25, 0.3) is 0 Å². The highest BCUT2D eigenvalue weighted by atomic mass is 16.7. The van der Waals surface area contributed by atoms with Crippen molar-refractivity contribution in [3.8, 4) is 0 Å². The smallest absolute Gasteiger partial charge is 0.306 e.